The number of rotatable bonds is 5. The molecule has 8 heteroatoms. The summed E-state index contributed by atoms with van der Waals surface area (Å²) in [6.07, 6.45) is 4.95. The number of fused-ring (bicyclic) bond motifs is 2. The SMILES string of the molecule is Cc1cc(Nc2nccc(-c3ccc(N4CCOCC4)nc3)n2)ccc1N1CCN2CC[C@H]1C2. The van der Waals surface area contributed by atoms with Crippen molar-refractivity contribution < 1.29 is 4.74 Å². The highest BCUT2D eigenvalue weighted by molar-refractivity contribution is 5.66. The molecular weight excluding hydrogens is 426 g/mol. The summed E-state index contributed by atoms with van der Waals surface area (Å²) < 4.78 is 5.43. The van der Waals surface area contributed by atoms with Gasteiger partial charge in [-0.2, -0.15) is 0 Å². The molecule has 0 spiro atoms. The number of benzene rings is 1. The van der Waals surface area contributed by atoms with E-state index in [0.29, 0.717) is 12.0 Å². The van der Waals surface area contributed by atoms with Crippen molar-refractivity contribution in [1.29, 1.82) is 0 Å². The Labute approximate surface area is 200 Å². The Morgan fingerprint density at radius 2 is 1.88 bits per heavy atom. The number of piperazine rings is 1. The zero-order chi connectivity index (χ0) is 22.9. The third-order valence-electron chi connectivity index (χ3n) is 7.14. The standard InChI is InChI=1S/C26H31N7O/c1-19-16-21(3-4-24(19)33-11-10-31-9-7-22(33)18-31)29-26-27-8-6-23(30-26)20-2-5-25(28-17-20)32-12-14-34-15-13-32/h2-6,8,16-17,22H,7,9-15,18H2,1H3,(H,27,29,30)/t22-/m0/s1. The van der Waals surface area contributed by atoms with Crippen LogP contribution in [0.25, 0.3) is 11.3 Å². The van der Waals surface area contributed by atoms with Crippen LogP contribution in [-0.4, -0.2) is 78.4 Å². The molecule has 1 aromatic carbocycles. The van der Waals surface area contributed by atoms with Crippen LogP contribution in [-0.2, 0) is 4.74 Å². The maximum atomic E-state index is 5.43. The highest BCUT2D eigenvalue weighted by Gasteiger charge is 2.32. The van der Waals surface area contributed by atoms with E-state index >= 15 is 0 Å². The second-order valence-corrected chi connectivity index (χ2v) is 9.33. The van der Waals surface area contributed by atoms with E-state index in [0.717, 1.165) is 55.6 Å². The van der Waals surface area contributed by atoms with Crippen molar-refractivity contribution in [2.45, 2.75) is 19.4 Å². The zero-order valence-corrected chi connectivity index (χ0v) is 19.7. The number of anilines is 4. The first kappa shape index (κ1) is 21.3. The lowest BCUT2D eigenvalue weighted by atomic mass is 10.1. The Hall–Kier alpha value is -3.23. The van der Waals surface area contributed by atoms with E-state index in [2.05, 4.69) is 67.2 Å². The van der Waals surface area contributed by atoms with Crippen molar-refractivity contribution in [2.24, 2.45) is 0 Å². The molecule has 3 aliphatic heterocycles. The Morgan fingerprint density at radius 3 is 2.71 bits per heavy atom. The number of ether oxygens (including phenoxy) is 1. The third-order valence-corrected chi connectivity index (χ3v) is 7.14. The summed E-state index contributed by atoms with van der Waals surface area (Å²) >= 11 is 0. The number of pyridine rings is 1. The van der Waals surface area contributed by atoms with Crippen molar-refractivity contribution in [1.82, 2.24) is 19.9 Å². The molecule has 2 atom stereocenters. The first-order valence-corrected chi connectivity index (χ1v) is 12.2. The predicted octanol–water partition coefficient (Wildman–Crippen LogP) is 3.32. The van der Waals surface area contributed by atoms with Crippen LogP contribution in [0.15, 0.2) is 48.8 Å². The molecule has 6 rings (SSSR count). The molecule has 3 aliphatic rings. The first-order valence-electron chi connectivity index (χ1n) is 12.2. The normalized spacial score (nSPS) is 22.1. The van der Waals surface area contributed by atoms with Crippen molar-refractivity contribution >= 4 is 23.1 Å². The van der Waals surface area contributed by atoms with Gasteiger partial charge in [-0.1, -0.05) is 0 Å². The molecule has 2 aromatic heterocycles. The van der Waals surface area contributed by atoms with Gasteiger partial charge in [0.15, 0.2) is 0 Å². The van der Waals surface area contributed by atoms with Gasteiger partial charge in [-0.25, -0.2) is 15.0 Å². The smallest absolute Gasteiger partial charge is 0.227 e. The molecular formula is C26H31N7O. The second kappa shape index (κ2) is 9.19. The van der Waals surface area contributed by atoms with Crippen LogP contribution in [0.2, 0.25) is 0 Å². The van der Waals surface area contributed by atoms with Gasteiger partial charge in [0.2, 0.25) is 5.95 Å². The van der Waals surface area contributed by atoms with Crippen molar-refractivity contribution in [2.75, 3.05) is 67.6 Å². The summed E-state index contributed by atoms with van der Waals surface area (Å²) in [5, 5.41) is 3.39. The summed E-state index contributed by atoms with van der Waals surface area (Å²) in [5.41, 5.74) is 5.46. The van der Waals surface area contributed by atoms with Crippen LogP contribution >= 0.6 is 0 Å². The van der Waals surface area contributed by atoms with Gasteiger partial charge in [0.1, 0.15) is 5.82 Å². The fraction of sp³-hybridized carbons (Fsp3) is 0.423. The van der Waals surface area contributed by atoms with Gasteiger partial charge in [-0.15, -0.1) is 0 Å². The molecule has 1 N–H and O–H groups in total. The Kier molecular flexibility index (Phi) is 5.76. The maximum absolute atomic E-state index is 5.43. The number of morpholine rings is 1. The van der Waals surface area contributed by atoms with Gasteiger partial charge >= 0.3 is 0 Å². The van der Waals surface area contributed by atoms with Crippen LogP contribution in [0.4, 0.5) is 23.1 Å². The molecule has 0 radical (unpaired) electrons. The highest BCUT2D eigenvalue weighted by atomic mass is 16.5. The minimum atomic E-state index is 0.589. The average Bonchev–Trinajstić information content (AvgIpc) is 3.26. The number of nitrogens with one attached hydrogen (secondary N) is 1. The Morgan fingerprint density at radius 1 is 0.971 bits per heavy atom. The summed E-state index contributed by atoms with van der Waals surface area (Å²) in [6, 6.07) is 13.3. The Bertz CT molecular complexity index is 1150. The summed E-state index contributed by atoms with van der Waals surface area (Å²) in [7, 11) is 0. The van der Waals surface area contributed by atoms with Gasteiger partial charge in [0.05, 0.1) is 18.9 Å². The average molecular weight is 458 g/mol. The Balaban J connectivity index is 1.16. The van der Waals surface area contributed by atoms with E-state index in [9.17, 15) is 0 Å². The molecule has 0 amide bonds. The fourth-order valence-corrected chi connectivity index (χ4v) is 5.30. The number of aryl methyl sites for hydroxylation is 1. The molecule has 176 valence electrons. The van der Waals surface area contributed by atoms with E-state index in [1.165, 1.54) is 37.3 Å². The van der Waals surface area contributed by atoms with Crippen molar-refractivity contribution in [3.63, 3.8) is 0 Å². The van der Waals surface area contributed by atoms with E-state index in [1.807, 2.05) is 12.3 Å². The molecule has 0 saturated carbocycles. The molecule has 3 saturated heterocycles. The largest absolute Gasteiger partial charge is 0.378 e. The lowest BCUT2D eigenvalue weighted by Crippen LogP contribution is -2.47. The fourth-order valence-electron chi connectivity index (χ4n) is 5.30. The van der Waals surface area contributed by atoms with Crippen LogP contribution in [0.3, 0.4) is 0 Å². The summed E-state index contributed by atoms with van der Waals surface area (Å²) in [4.78, 5) is 21.3. The van der Waals surface area contributed by atoms with Crippen LogP contribution in [0.5, 0.6) is 0 Å². The van der Waals surface area contributed by atoms with Gasteiger partial charge < -0.3 is 19.9 Å². The molecule has 1 unspecified atom stereocenters. The van der Waals surface area contributed by atoms with E-state index < -0.39 is 0 Å². The van der Waals surface area contributed by atoms with E-state index in [4.69, 9.17) is 9.72 Å². The van der Waals surface area contributed by atoms with Crippen LogP contribution in [0, 0.1) is 6.92 Å². The topological polar surface area (TPSA) is 69.6 Å². The predicted molar refractivity (Wildman–Crippen MR) is 135 cm³/mol. The molecule has 3 aromatic rings. The van der Waals surface area contributed by atoms with Gasteiger partial charge in [-0.05, 0) is 55.3 Å². The number of hydrogen-bond donors (Lipinski definition) is 1. The van der Waals surface area contributed by atoms with E-state index in [-0.39, 0.29) is 0 Å². The van der Waals surface area contributed by atoms with Gasteiger partial charge in [0.25, 0.3) is 0 Å². The zero-order valence-electron chi connectivity index (χ0n) is 19.7. The summed E-state index contributed by atoms with van der Waals surface area (Å²) in [6.45, 7) is 10.2. The third kappa shape index (κ3) is 4.31. The van der Waals surface area contributed by atoms with Crippen molar-refractivity contribution in [3.8, 4) is 11.3 Å². The molecule has 34 heavy (non-hydrogen) atoms. The number of hydrogen-bond acceptors (Lipinski definition) is 8. The molecule has 5 heterocycles. The lowest BCUT2D eigenvalue weighted by molar-refractivity contribution is 0.122. The lowest BCUT2D eigenvalue weighted by Gasteiger charge is -2.37. The molecule has 0 aliphatic carbocycles. The maximum Gasteiger partial charge on any atom is 0.227 e. The second-order valence-electron chi connectivity index (χ2n) is 9.33. The first-order chi connectivity index (χ1) is 16.7. The number of nitrogens with zero attached hydrogens (tertiary/aromatic N) is 6. The van der Waals surface area contributed by atoms with Gasteiger partial charge in [-0.3, -0.25) is 4.90 Å². The van der Waals surface area contributed by atoms with Crippen molar-refractivity contribution in [3.05, 3.63) is 54.4 Å². The minimum absolute atomic E-state index is 0.589. The molecule has 3 fully saturated rings. The quantitative estimate of drug-likeness (QED) is 0.626. The summed E-state index contributed by atoms with van der Waals surface area (Å²) in [5.74, 6) is 1.57. The highest BCUT2D eigenvalue weighted by Crippen LogP contribution is 2.31. The molecule has 2 bridgehead atoms. The monoisotopic (exact) mass is 457 g/mol. The minimum Gasteiger partial charge on any atom is -0.378 e. The molecule has 8 nitrogen and oxygen atoms in total. The number of aromatic nitrogens is 3. The van der Waals surface area contributed by atoms with E-state index in [1.54, 1.807) is 6.20 Å². The van der Waals surface area contributed by atoms with Crippen LogP contribution in [0.1, 0.15) is 12.0 Å². The van der Waals surface area contributed by atoms with Crippen LogP contribution < -0.4 is 15.1 Å². The van der Waals surface area contributed by atoms with Gasteiger partial charge in [0, 0.05) is 74.6 Å².